The van der Waals surface area contributed by atoms with Crippen LogP contribution in [0.25, 0.3) is 16.9 Å². The van der Waals surface area contributed by atoms with Gasteiger partial charge in [0.25, 0.3) is 0 Å². The van der Waals surface area contributed by atoms with Crippen LogP contribution in [0.15, 0.2) is 53.4 Å². The molecule has 3 N–H and O–H groups in total. The van der Waals surface area contributed by atoms with Gasteiger partial charge in [-0.2, -0.15) is 0 Å². The molecule has 1 aliphatic heterocycles. The van der Waals surface area contributed by atoms with E-state index in [1.165, 1.54) is 23.3 Å². The number of primary sulfonamides is 1. The molecule has 168 valence electrons. The molecule has 6 nitrogen and oxygen atoms in total. The fraction of sp³-hybridized carbons (Fsp3) is 0.320. The van der Waals surface area contributed by atoms with Gasteiger partial charge < -0.3 is 9.88 Å². The monoisotopic (exact) mass is 451 g/mol. The second-order valence-electron chi connectivity index (χ2n) is 9.04. The minimum absolute atomic E-state index is 0.0525. The number of carbonyl (C=O) groups is 1. The van der Waals surface area contributed by atoms with Gasteiger partial charge in [0.15, 0.2) is 5.78 Å². The zero-order chi connectivity index (χ0) is 23.3. The quantitative estimate of drug-likeness (QED) is 0.572. The lowest BCUT2D eigenvalue weighted by Gasteiger charge is -2.33. The maximum Gasteiger partial charge on any atom is 0.238 e. The van der Waals surface area contributed by atoms with Crippen molar-refractivity contribution in [2.24, 2.45) is 5.14 Å². The Labute approximate surface area is 189 Å². The van der Waals surface area contributed by atoms with Gasteiger partial charge in [0.2, 0.25) is 10.0 Å². The third-order valence-electron chi connectivity index (χ3n) is 6.30. The number of Topliss-reactive ketones (excluding diaryl/α,β-unsaturated/α-hetero) is 1. The minimum atomic E-state index is -3.78. The third-order valence-corrected chi connectivity index (χ3v) is 7.23. The molecule has 0 aliphatic carbocycles. The number of hydrogen-bond donors (Lipinski definition) is 2. The Kier molecular flexibility index (Phi) is 5.61. The summed E-state index contributed by atoms with van der Waals surface area (Å²) in [6.07, 6.45) is 0.414. The molecule has 0 saturated carbocycles. The number of ketones is 1. The van der Waals surface area contributed by atoms with Crippen LogP contribution in [0, 0.1) is 6.92 Å². The number of sulfonamides is 1. The fourth-order valence-electron chi connectivity index (χ4n) is 4.57. The molecule has 1 aliphatic rings. The zero-order valence-electron chi connectivity index (χ0n) is 18.9. The van der Waals surface area contributed by atoms with Crippen molar-refractivity contribution >= 4 is 15.8 Å². The molecule has 0 unspecified atom stereocenters. The highest BCUT2D eigenvalue weighted by Crippen LogP contribution is 2.35. The van der Waals surface area contributed by atoms with Crippen molar-refractivity contribution in [1.82, 2.24) is 9.88 Å². The number of carbonyl (C=O) groups excluding carboxylic acids is 1. The molecule has 32 heavy (non-hydrogen) atoms. The Morgan fingerprint density at radius 2 is 1.81 bits per heavy atom. The van der Waals surface area contributed by atoms with Gasteiger partial charge in [0.05, 0.1) is 10.6 Å². The normalized spacial score (nSPS) is 15.4. The highest BCUT2D eigenvalue weighted by molar-refractivity contribution is 7.89. The summed E-state index contributed by atoms with van der Waals surface area (Å²) in [5.74, 6) is 0.0735. The van der Waals surface area contributed by atoms with Crippen molar-refractivity contribution in [3.05, 3.63) is 70.9 Å². The fourth-order valence-corrected chi connectivity index (χ4v) is 5.09. The Hall–Kier alpha value is -2.74. The first-order valence-electron chi connectivity index (χ1n) is 10.8. The first kappa shape index (κ1) is 22.5. The molecule has 2 heterocycles. The lowest BCUT2D eigenvalue weighted by Crippen LogP contribution is -2.38. The summed E-state index contributed by atoms with van der Waals surface area (Å²) >= 11 is 0. The van der Waals surface area contributed by atoms with Crippen LogP contribution < -0.4 is 10.5 Å². The molecule has 0 fully saturated rings. The summed E-state index contributed by atoms with van der Waals surface area (Å²) < 4.78 is 25.4. The molecule has 0 saturated heterocycles. The number of fused-ring (bicyclic) bond motifs is 1. The lowest BCUT2D eigenvalue weighted by molar-refractivity contribution is 0.0987. The topological polar surface area (TPSA) is 94.2 Å². The molecule has 3 aromatic rings. The summed E-state index contributed by atoms with van der Waals surface area (Å²) in [5, 5.41) is 8.75. The van der Waals surface area contributed by atoms with E-state index in [0.29, 0.717) is 12.0 Å². The van der Waals surface area contributed by atoms with E-state index in [-0.39, 0.29) is 16.1 Å². The molecule has 4 rings (SSSR count). The van der Waals surface area contributed by atoms with Gasteiger partial charge in [-0.3, -0.25) is 4.79 Å². The average molecular weight is 452 g/mol. The summed E-state index contributed by atoms with van der Waals surface area (Å²) in [6.45, 7) is 9.97. The predicted octanol–water partition coefficient (Wildman–Crippen LogP) is 4.07. The van der Waals surface area contributed by atoms with Gasteiger partial charge in [-0.1, -0.05) is 32.9 Å². The summed E-state index contributed by atoms with van der Waals surface area (Å²) in [4.78, 5) is 12.7. The molecule has 1 aromatic heterocycles. The summed E-state index contributed by atoms with van der Waals surface area (Å²) in [7, 11) is -3.78. The highest BCUT2D eigenvalue weighted by atomic mass is 32.2. The summed E-state index contributed by atoms with van der Waals surface area (Å²) in [5.41, 5.74) is 6.81. The number of benzene rings is 2. The van der Waals surface area contributed by atoms with Gasteiger partial charge in [-0.05, 0) is 60.0 Å². The van der Waals surface area contributed by atoms with Crippen LogP contribution in [0.5, 0.6) is 0 Å². The molecule has 7 heteroatoms. The van der Waals surface area contributed by atoms with Gasteiger partial charge in [0, 0.05) is 41.9 Å². The predicted molar refractivity (Wildman–Crippen MR) is 127 cm³/mol. The molecule has 0 spiro atoms. The lowest BCUT2D eigenvalue weighted by atomic mass is 9.78. The number of hydrogen-bond acceptors (Lipinski definition) is 4. The first-order valence-corrected chi connectivity index (χ1v) is 12.3. The molecular weight excluding hydrogens is 422 g/mol. The van der Waals surface area contributed by atoms with E-state index in [2.05, 4.69) is 37.4 Å². The SMILES string of the molecule is CCC(=O)c1cc(-c2ccc3c(c2)CNCC3(C)C)n(-c2ccc(S(N)(=O)=O)cc2)c1C. The van der Waals surface area contributed by atoms with E-state index >= 15 is 0 Å². The van der Waals surface area contributed by atoms with Crippen LogP contribution in [0.2, 0.25) is 0 Å². The smallest absolute Gasteiger partial charge is 0.238 e. The maximum atomic E-state index is 12.6. The Bertz CT molecular complexity index is 1300. The van der Waals surface area contributed by atoms with Crippen molar-refractivity contribution in [1.29, 1.82) is 0 Å². The maximum absolute atomic E-state index is 12.6. The molecular formula is C25H29N3O3S. The molecule has 0 atom stereocenters. The average Bonchev–Trinajstić information content (AvgIpc) is 3.09. The van der Waals surface area contributed by atoms with Crippen molar-refractivity contribution in [3.63, 3.8) is 0 Å². The standard InChI is InChI=1S/C25H29N3O3S/c1-5-24(29)21-13-23(17-6-11-22-18(12-17)14-27-15-25(22,3)4)28(16(21)2)19-7-9-20(10-8-19)32(26,30)31/h6-13,27H,5,14-15H2,1-4H3,(H2,26,30,31). The number of nitrogens with zero attached hydrogens (tertiary/aromatic N) is 1. The Morgan fingerprint density at radius 1 is 1.12 bits per heavy atom. The number of nitrogens with one attached hydrogen (secondary N) is 1. The van der Waals surface area contributed by atoms with Gasteiger partial charge in [-0.15, -0.1) is 0 Å². The minimum Gasteiger partial charge on any atom is -0.313 e. The number of aromatic nitrogens is 1. The van der Waals surface area contributed by atoms with E-state index in [1.807, 2.05) is 24.5 Å². The van der Waals surface area contributed by atoms with Crippen LogP contribution >= 0.6 is 0 Å². The first-order chi connectivity index (χ1) is 15.0. The Morgan fingerprint density at radius 3 is 2.44 bits per heavy atom. The van der Waals surface area contributed by atoms with Crippen molar-refractivity contribution < 1.29 is 13.2 Å². The van der Waals surface area contributed by atoms with Gasteiger partial charge in [0.1, 0.15) is 0 Å². The molecule has 2 aromatic carbocycles. The van der Waals surface area contributed by atoms with Crippen molar-refractivity contribution in [2.75, 3.05) is 6.54 Å². The largest absolute Gasteiger partial charge is 0.313 e. The van der Waals surface area contributed by atoms with E-state index < -0.39 is 10.0 Å². The van der Waals surface area contributed by atoms with Crippen LogP contribution in [0.4, 0.5) is 0 Å². The van der Waals surface area contributed by atoms with Crippen LogP contribution in [-0.4, -0.2) is 25.3 Å². The van der Waals surface area contributed by atoms with Gasteiger partial charge >= 0.3 is 0 Å². The van der Waals surface area contributed by atoms with Crippen molar-refractivity contribution in [2.45, 2.75) is 51.0 Å². The highest BCUT2D eigenvalue weighted by Gasteiger charge is 2.28. The van der Waals surface area contributed by atoms with E-state index in [1.54, 1.807) is 12.1 Å². The van der Waals surface area contributed by atoms with Crippen LogP contribution in [-0.2, 0) is 22.0 Å². The van der Waals surface area contributed by atoms with E-state index in [4.69, 9.17) is 5.14 Å². The number of rotatable bonds is 5. The zero-order valence-corrected chi connectivity index (χ0v) is 19.7. The van der Waals surface area contributed by atoms with Crippen LogP contribution in [0.1, 0.15) is 54.4 Å². The Balaban J connectivity index is 1.90. The van der Waals surface area contributed by atoms with Gasteiger partial charge in [-0.25, -0.2) is 13.6 Å². The number of nitrogens with two attached hydrogens (primary N) is 1. The molecule has 0 radical (unpaired) electrons. The summed E-state index contributed by atoms with van der Waals surface area (Å²) in [6, 6.07) is 14.9. The van der Waals surface area contributed by atoms with E-state index in [9.17, 15) is 13.2 Å². The van der Waals surface area contributed by atoms with Crippen LogP contribution in [0.3, 0.4) is 0 Å². The molecule has 0 bridgehead atoms. The molecule has 0 amide bonds. The van der Waals surface area contributed by atoms with E-state index in [0.717, 1.165) is 35.7 Å². The van der Waals surface area contributed by atoms with Crippen molar-refractivity contribution in [3.8, 4) is 16.9 Å². The second-order valence-corrected chi connectivity index (χ2v) is 10.6. The second kappa shape index (κ2) is 7.99. The third kappa shape index (κ3) is 3.92.